The molecule has 0 amide bonds. The van der Waals surface area contributed by atoms with Crippen LogP contribution in [0.1, 0.15) is 51.9 Å². The van der Waals surface area contributed by atoms with E-state index in [2.05, 4.69) is 16.6 Å². The number of aromatic nitrogens is 3. The zero-order valence-electron chi connectivity index (χ0n) is 19.6. The highest BCUT2D eigenvalue weighted by Crippen LogP contribution is 2.31. The van der Waals surface area contributed by atoms with Gasteiger partial charge in [0.1, 0.15) is 5.69 Å². The largest absolute Gasteiger partial charge is 0.267 e. The fourth-order valence-corrected chi connectivity index (χ4v) is 6.41. The standard InChI is InChI=1S/C25H32N4O2S/c1-16-17(2)19(4)25(20(5)18(16)3)32(30,31)27-14-15-29-23-12-7-6-10-21(23)24(28-29)22-11-8-9-13-26-22/h8-9,11,13,27H,6-7,10,12,14-15H2,1-5H3. The summed E-state index contributed by atoms with van der Waals surface area (Å²) in [6.07, 6.45) is 6.03. The van der Waals surface area contributed by atoms with Crippen LogP contribution in [0.2, 0.25) is 0 Å². The predicted octanol–water partition coefficient (Wildman–Crippen LogP) is 4.34. The van der Waals surface area contributed by atoms with E-state index < -0.39 is 10.0 Å². The van der Waals surface area contributed by atoms with Crippen molar-refractivity contribution in [1.29, 1.82) is 0 Å². The summed E-state index contributed by atoms with van der Waals surface area (Å²) in [6, 6.07) is 5.86. The average molecular weight is 453 g/mol. The lowest BCUT2D eigenvalue weighted by Gasteiger charge is -2.19. The van der Waals surface area contributed by atoms with Crippen LogP contribution in [-0.4, -0.2) is 29.7 Å². The molecule has 1 N–H and O–H groups in total. The van der Waals surface area contributed by atoms with Gasteiger partial charge in [0, 0.05) is 24.0 Å². The van der Waals surface area contributed by atoms with Gasteiger partial charge in [0.25, 0.3) is 0 Å². The van der Waals surface area contributed by atoms with E-state index >= 15 is 0 Å². The number of fused-ring (bicyclic) bond motifs is 1. The Labute approximate surface area is 191 Å². The van der Waals surface area contributed by atoms with Crippen LogP contribution in [0.15, 0.2) is 29.3 Å². The lowest BCUT2D eigenvalue weighted by atomic mass is 9.95. The Hall–Kier alpha value is -2.51. The molecule has 2 heterocycles. The van der Waals surface area contributed by atoms with Gasteiger partial charge in [-0.1, -0.05) is 6.07 Å². The lowest BCUT2D eigenvalue weighted by molar-refractivity contribution is 0.538. The van der Waals surface area contributed by atoms with Gasteiger partial charge in [0.2, 0.25) is 10.0 Å². The maximum Gasteiger partial charge on any atom is 0.241 e. The second-order valence-electron chi connectivity index (χ2n) is 8.77. The smallest absolute Gasteiger partial charge is 0.241 e. The molecular weight excluding hydrogens is 420 g/mol. The molecule has 3 aromatic rings. The number of benzene rings is 1. The zero-order chi connectivity index (χ0) is 23.0. The lowest BCUT2D eigenvalue weighted by Crippen LogP contribution is -2.30. The number of pyridine rings is 1. The van der Waals surface area contributed by atoms with Crippen LogP contribution in [0.3, 0.4) is 0 Å². The second kappa shape index (κ2) is 8.79. The summed E-state index contributed by atoms with van der Waals surface area (Å²) >= 11 is 0. The van der Waals surface area contributed by atoms with Crippen molar-refractivity contribution < 1.29 is 8.42 Å². The molecule has 170 valence electrons. The number of hydrogen-bond donors (Lipinski definition) is 1. The van der Waals surface area contributed by atoms with E-state index in [0.29, 0.717) is 18.0 Å². The molecule has 32 heavy (non-hydrogen) atoms. The number of sulfonamides is 1. The molecular formula is C25H32N4O2S. The van der Waals surface area contributed by atoms with Crippen LogP contribution in [0.25, 0.3) is 11.4 Å². The van der Waals surface area contributed by atoms with E-state index in [1.54, 1.807) is 6.20 Å². The number of hydrogen-bond acceptors (Lipinski definition) is 4. The first kappa shape index (κ1) is 22.7. The Morgan fingerprint density at radius 1 is 0.938 bits per heavy atom. The molecule has 1 aliphatic rings. The van der Waals surface area contributed by atoms with Crippen molar-refractivity contribution in [2.24, 2.45) is 0 Å². The quantitative estimate of drug-likeness (QED) is 0.603. The summed E-state index contributed by atoms with van der Waals surface area (Å²) in [7, 11) is -3.62. The molecule has 0 atom stereocenters. The third-order valence-corrected chi connectivity index (χ3v) is 8.71. The third-order valence-electron chi connectivity index (χ3n) is 6.98. The van der Waals surface area contributed by atoms with Crippen LogP contribution >= 0.6 is 0 Å². The van der Waals surface area contributed by atoms with E-state index in [1.807, 2.05) is 50.6 Å². The highest BCUT2D eigenvalue weighted by atomic mass is 32.2. The second-order valence-corrected chi connectivity index (χ2v) is 10.5. The van der Waals surface area contributed by atoms with Gasteiger partial charge in [-0.25, -0.2) is 13.1 Å². The van der Waals surface area contributed by atoms with Gasteiger partial charge in [0.05, 0.1) is 17.1 Å². The molecule has 0 fully saturated rings. The Kier molecular flexibility index (Phi) is 6.23. The molecule has 7 heteroatoms. The first-order chi connectivity index (χ1) is 15.2. The van der Waals surface area contributed by atoms with Gasteiger partial charge in [-0.05, 0) is 100 Å². The summed E-state index contributed by atoms with van der Waals surface area (Å²) in [5, 5.41) is 4.85. The number of rotatable bonds is 6. The van der Waals surface area contributed by atoms with Crippen LogP contribution in [-0.2, 0) is 29.4 Å². The van der Waals surface area contributed by atoms with Crippen molar-refractivity contribution in [2.45, 2.75) is 71.7 Å². The molecule has 0 unspecified atom stereocenters. The van der Waals surface area contributed by atoms with Gasteiger partial charge in [-0.3, -0.25) is 9.67 Å². The summed E-state index contributed by atoms with van der Waals surface area (Å²) in [5.41, 5.74) is 9.16. The fraction of sp³-hybridized carbons (Fsp3) is 0.440. The van der Waals surface area contributed by atoms with E-state index in [0.717, 1.165) is 64.9 Å². The van der Waals surface area contributed by atoms with E-state index in [4.69, 9.17) is 5.10 Å². The summed E-state index contributed by atoms with van der Waals surface area (Å²) < 4.78 is 31.3. The first-order valence-electron chi connectivity index (χ1n) is 11.3. The van der Waals surface area contributed by atoms with Crippen molar-refractivity contribution in [2.75, 3.05) is 6.54 Å². The Balaban J connectivity index is 1.59. The highest BCUT2D eigenvalue weighted by molar-refractivity contribution is 7.89. The van der Waals surface area contributed by atoms with Gasteiger partial charge in [0.15, 0.2) is 0 Å². The van der Waals surface area contributed by atoms with E-state index in [9.17, 15) is 8.42 Å². The van der Waals surface area contributed by atoms with Crippen molar-refractivity contribution in [3.05, 3.63) is 63.5 Å². The zero-order valence-corrected chi connectivity index (χ0v) is 20.4. The summed E-state index contributed by atoms with van der Waals surface area (Å²) in [6.45, 7) is 10.6. The van der Waals surface area contributed by atoms with Crippen molar-refractivity contribution in [1.82, 2.24) is 19.5 Å². The molecule has 0 radical (unpaired) electrons. The average Bonchev–Trinajstić information content (AvgIpc) is 3.15. The van der Waals surface area contributed by atoms with E-state index in [1.165, 1.54) is 11.3 Å². The number of nitrogens with zero attached hydrogens (tertiary/aromatic N) is 3. The van der Waals surface area contributed by atoms with Gasteiger partial charge < -0.3 is 0 Å². The molecule has 6 nitrogen and oxygen atoms in total. The van der Waals surface area contributed by atoms with Crippen LogP contribution in [0.4, 0.5) is 0 Å². The van der Waals surface area contributed by atoms with E-state index in [-0.39, 0.29) is 0 Å². The van der Waals surface area contributed by atoms with Gasteiger partial charge >= 0.3 is 0 Å². The topological polar surface area (TPSA) is 76.9 Å². The molecule has 1 aromatic carbocycles. The van der Waals surface area contributed by atoms with Gasteiger partial charge in [-0.15, -0.1) is 0 Å². The predicted molar refractivity (Wildman–Crippen MR) is 127 cm³/mol. The highest BCUT2D eigenvalue weighted by Gasteiger charge is 2.25. The Bertz CT molecular complexity index is 1230. The molecule has 4 rings (SSSR count). The maximum atomic E-state index is 13.2. The molecule has 0 bridgehead atoms. The monoisotopic (exact) mass is 452 g/mol. The van der Waals surface area contributed by atoms with Crippen LogP contribution < -0.4 is 4.72 Å². The Morgan fingerprint density at radius 2 is 1.59 bits per heavy atom. The van der Waals surface area contributed by atoms with Gasteiger partial charge in [-0.2, -0.15) is 5.10 Å². The molecule has 0 spiro atoms. The summed E-state index contributed by atoms with van der Waals surface area (Å²) in [5.74, 6) is 0. The minimum atomic E-state index is -3.62. The van der Waals surface area contributed by atoms with Crippen molar-refractivity contribution in [3.8, 4) is 11.4 Å². The maximum absolute atomic E-state index is 13.2. The van der Waals surface area contributed by atoms with Crippen LogP contribution in [0.5, 0.6) is 0 Å². The SMILES string of the molecule is Cc1c(C)c(C)c(S(=O)(=O)NCCn2nc(-c3ccccn3)c3c2CCCC3)c(C)c1C. The molecule has 0 saturated heterocycles. The normalized spacial score (nSPS) is 13.9. The fourth-order valence-electron chi connectivity index (χ4n) is 4.79. The third kappa shape index (κ3) is 3.99. The minimum absolute atomic E-state index is 0.295. The van der Waals surface area contributed by atoms with Crippen molar-refractivity contribution in [3.63, 3.8) is 0 Å². The Morgan fingerprint density at radius 3 is 2.25 bits per heavy atom. The van der Waals surface area contributed by atoms with Crippen LogP contribution in [0, 0.1) is 34.6 Å². The van der Waals surface area contributed by atoms with Crippen molar-refractivity contribution >= 4 is 10.0 Å². The summed E-state index contributed by atoms with van der Waals surface area (Å²) in [4.78, 5) is 4.90. The molecule has 1 aliphatic carbocycles. The first-order valence-corrected chi connectivity index (χ1v) is 12.8. The molecule has 0 aliphatic heterocycles. The number of nitrogens with one attached hydrogen (secondary N) is 1. The molecule has 0 saturated carbocycles. The minimum Gasteiger partial charge on any atom is -0.267 e. The molecule has 2 aromatic heterocycles.